The Labute approximate surface area is 201 Å². The zero-order valence-corrected chi connectivity index (χ0v) is 18.9. The molecule has 0 unspecified atom stereocenters. The van der Waals surface area contributed by atoms with Crippen LogP contribution in [0.15, 0.2) is 84.9 Å². The van der Waals surface area contributed by atoms with E-state index in [1.54, 1.807) is 43.3 Å². The Balaban J connectivity index is 1.51. The van der Waals surface area contributed by atoms with Crippen molar-refractivity contribution in [1.29, 1.82) is 0 Å². The monoisotopic (exact) mass is 463 g/mol. The number of cyclic esters (lactones) is 1. The van der Waals surface area contributed by atoms with Gasteiger partial charge in [-0.15, -0.1) is 0 Å². The first-order chi connectivity index (χ1) is 17.0. The zero-order valence-electron chi connectivity index (χ0n) is 18.9. The number of benzene rings is 4. The number of fused-ring (bicyclic) bond motifs is 3. The van der Waals surface area contributed by atoms with E-state index in [1.807, 2.05) is 48.5 Å². The minimum Gasteiger partial charge on any atom is -0.464 e. The lowest BCUT2D eigenvalue weighted by Crippen LogP contribution is -2.52. The maximum absolute atomic E-state index is 13.4. The largest absolute Gasteiger partial charge is 0.464 e. The lowest BCUT2D eigenvalue weighted by Gasteiger charge is -2.32. The molecule has 0 aliphatic carbocycles. The van der Waals surface area contributed by atoms with Crippen molar-refractivity contribution >= 4 is 28.6 Å². The van der Waals surface area contributed by atoms with Crippen LogP contribution in [0.1, 0.15) is 44.9 Å². The van der Waals surface area contributed by atoms with Gasteiger partial charge in [-0.05, 0) is 41.0 Å². The summed E-state index contributed by atoms with van der Waals surface area (Å²) in [7, 11) is 0. The minimum absolute atomic E-state index is 0.117. The van der Waals surface area contributed by atoms with E-state index in [-0.39, 0.29) is 6.61 Å². The van der Waals surface area contributed by atoms with Crippen LogP contribution in [0, 0.1) is 0 Å². The molecular formula is C29H21NO5. The Kier molecular flexibility index (Phi) is 4.71. The number of esters is 2. The molecule has 2 aliphatic heterocycles. The first-order valence-corrected chi connectivity index (χ1v) is 11.5. The van der Waals surface area contributed by atoms with Gasteiger partial charge in [0.1, 0.15) is 0 Å². The molecule has 0 bridgehead atoms. The van der Waals surface area contributed by atoms with E-state index in [2.05, 4.69) is 5.32 Å². The number of amides is 1. The van der Waals surface area contributed by atoms with Crippen molar-refractivity contribution in [3.8, 4) is 11.1 Å². The van der Waals surface area contributed by atoms with Gasteiger partial charge < -0.3 is 14.8 Å². The Bertz CT molecular complexity index is 1540. The molecular weight excluding hydrogens is 442 g/mol. The van der Waals surface area contributed by atoms with Gasteiger partial charge in [0, 0.05) is 16.7 Å². The molecule has 2 heterocycles. The van der Waals surface area contributed by atoms with E-state index in [0.717, 1.165) is 21.9 Å². The number of carbonyl (C=O) groups excluding carboxylic acids is 3. The van der Waals surface area contributed by atoms with Gasteiger partial charge in [0.15, 0.2) is 6.10 Å². The summed E-state index contributed by atoms with van der Waals surface area (Å²) in [5.74, 6) is -1.62. The van der Waals surface area contributed by atoms with Crippen LogP contribution in [0.2, 0.25) is 0 Å². The Morgan fingerprint density at radius 1 is 0.914 bits per heavy atom. The van der Waals surface area contributed by atoms with Crippen LogP contribution < -0.4 is 5.32 Å². The summed E-state index contributed by atoms with van der Waals surface area (Å²) in [6, 6.07) is 26.4. The fraction of sp³-hybridized carbons (Fsp3) is 0.138. The highest BCUT2D eigenvalue weighted by molar-refractivity contribution is 6.07. The summed E-state index contributed by atoms with van der Waals surface area (Å²) < 4.78 is 11.2. The Morgan fingerprint density at radius 2 is 1.66 bits per heavy atom. The lowest BCUT2D eigenvalue weighted by atomic mass is 9.81. The minimum atomic E-state index is -1.66. The van der Waals surface area contributed by atoms with Crippen LogP contribution in [0.4, 0.5) is 0 Å². The third kappa shape index (κ3) is 2.99. The molecule has 0 saturated heterocycles. The number of ether oxygens (including phenoxy) is 2. The van der Waals surface area contributed by atoms with Gasteiger partial charge in [0.25, 0.3) is 5.91 Å². The highest BCUT2D eigenvalue weighted by Gasteiger charge is 2.60. The average Bonchev–Trinajstić information content (AvgIpc) is 3.38. The van der Waals surface area contributed by atoms with Gasteiger partial charge in [0.05, 0.1) is 12.2 Å². The summed E-state index contributed by atoms with van der Waals surface area (Å²) >= 11 is 0. The number of hydrogen-bond donors (Lipinski definition) is 1. The number of hydrogen-bond acceptors (Lipinski definition) is 5. The van der Waals surface area contributed by atoms with Crippen LogP contribution in [0.3, 0.4) is 0 Å². The summed E-state index contributed by atoms with van der Waals surface area (Å²) in [5.41, 5.74) is 1.88. The van der Waals surface area contributed by atoms with E-state index in [9.17, 15) is 14.4 Å². The van der Waals surface area contributed by atoms with Crippen LogP contribution in [-0.2, 0) is 19.8 Å². The van der Waals surface area contributed by atoms with E-state index in [0.29, 0.717) is 22.3 Å². The van der Waals surface area contributed by atoms with Crippen molar-refractivity contribution in [3.05, 3.63) is 107 Å². The van der Waals surface area contributed by atoms with Crippen molar-refractivity contribution in [2.45, 2.75) is 18.6 Å². The molecule has 0 radical (unpaired) electrons. The Morgan fingerprint density at radius 3 is 2.51 bits per heavy atom. The van der Waals surface area contributed by atoms with Crippen LogP contribution in [-0.4, -0.2) is 24.5 Å². The Hall–Kier alpha value is -4.45. The van der Waals surface area contributed by atoms with Gasteiger partial charge in [-0.25, -0.2) is 9.59 Å². The zero-order chi connectivity index (χ0) is 24.2. The third-order valence-corrected chi connectivity index (χ3v) is 6.78. The second-order valence-corrected chi connectivity index (χ2v) is 8.64. The third-order valence-electron chi connectivity index (χ3n) is 6.78. The van der Waals surface area contributed by atoms with E-state index >= 15 is 0 Å². The lowest BCUT2D eigenvalue weighted by molar-refractivity contribution is -0.156. The molecule has 0 fully saturated rings. The molecule has 4 aromatic carbocycles. The van der Waals surface area contributed by atoms with E-state index < -0.39 is 29.5 Å². The smallest absolute Gasteiger partial charge is 0.340 e. The highest BCUT2D eigenvalue weighted by atomic mass is 16.6. The molecule has 0 spiro atoms. The molecule has 4 aromatic rings. The van der Waals surface area contributed by atoms with E-state index in [4.69, 9.17) is 9.47 Å². The number of carbonyl (C=O) groups is 3. The SMILES string of the molecule is CCOC(=O)[C@@]1([C@@H]2OC(=O)c3cc(-c4cccc5ccccc45)ccc32)NC(=O)c2ccccc21. The average molecular weight is 463 g/mol. The molecule has 6 heteroatoms. The summed E-state index contributed by atoms with van der Waals surface area (Å²) in [6.07, 6.45) is -1.06. The molecule has 2 atom stereocenters. The second kappa shape index (κ2) is 7.81. The van der Waals surface area contributed by atoms with E-state index in [1.165, 1.54) is 0 Å². The second-order valence-electron chi connectivity index (χ2n) is 8.64. The standard InChI is InChI=1S/C29H21NO5/c1-2-34-28(33)29(24-13-6-5-11-22(24)26(31)30-29)25-21-15-14-18(16-23(21)27(32)35-25)20-12-7-9-17-8-3-4-10-19(17)20/h3-16,25H,2H2,1H3,(H,30,31)/t25-,29-/m1/s1. The fourth-order valence-corrected chi connectivity index (χ4v) is 5.22. The molecule has 0 aromatic heterocycles. The van der Waals surface area contributed by atoms with Crippen molar-refractivity contribution in [3.63, 3.8) is 0 Å². The van der Waals surface area contributed by atoms with Crippen LogP contribution in [0.5, 0.6) is 0 Å². The molecule has 0 saturated carbocycles. The van der Waals surface area contributed by atoms with Crippen LogP contribution >= 0.6 is 0 Å². The normalized spacial score (nSPS) is 20.2. The van der Waals surface area contributed by atoms with Crippen molar-refractivity contribution < 1.29 is 23.9 Å². The predicted octanol–water partition coefficient (Wildman–Crippen LogP) is 4.92. The van der Waals surface area contributed by atoms with Gasteiger partial charge in [-0.2, -0.15) is 0 Å². The quantitative estimate of drug-likeness (QED) is 0.435. The first kappa shape index (κ1) is 21.1. The molecule has 2 aliphatic rings. The molecule has 1 N–H and O–H groups in total. The van der Waals surface area contributed by atoms with Crippen molar-refractivity contribution in [2.24, 2.45) is 0 Å². The van der Waals surface area contributed by atoms with Gasteiger partial charge in [-0.1, -0.05) is 72.8 Å². The molecule has 6 rings (SSSR count). The number of nitrogens with one attached hydrogen (secondary N) is 1. The van der Waals surface area contributed by atoms with Gasteiger partial charge in [-0.3, -0.25) is 4.79 Å². The maximum Gasteiger partial charge on any atom is 0.340 e. The molecule has 35 heavy (non-hydrogen) atoms. The molecule has 1 amide bonds. The van der Waals surface area contributed by atoms with Crippen LogP contribution in [0.25, 0.3) is 21.9 Å². The van der Waals surface area contributed by atoms with Gasteiger partial charge in [0.2, 0.25) is 5.54 Å². The predicted molar refractivity (Wildman–Crippen MR) is 130 cm³/mol. The molecule has 172 valence electrons. The fourth-order valence-electron chi connectivity index (χ4n) is 5.22. The van der Waals surface area contributed by atoms with Crippen molar-refractivity contribution in [1.82, 2.24) is 5.32 Å². The topological polar surface area (TPSA) is 81.7 Å². The summed E-state index contributed by atoms with van der Waals surface area (Å²) in [6.45, 7) is 1.81. The first-order valence-electron chi connectivity index (χ1n) is 11.5. The highest BCUT2D eigenvalue weighted by Crippen LogP contribution is 2.49. The maximum atomic E-state index is 13.4. The summed E-state index contributed by atoms with van der Waals surface area (Å²) in [5, 5.41) is 4.96. The van der Waals surface area contributed by atoms with Crippen molar-refractivity contribution in [2.75, 3.05) is 6.61 Å². The molecule has 6 nitrogen and oxygen atoms in total. The summed E-state index contributed by atoms with van der Waals surface area (Å²) in [4.78, 5) is 39.3. The number of rotatable bonds is 4. The van der Waals surface area contributed by atoms with Gasteiger partial charge >= 0.3 is 11.9 Å².